The van der Waals surface area contributed by atoms with Crippen molar-refractivity contribution in [3.05, 3.63) is 27.1 Å². The number of carbonyl (C=O) groups is 1. The van der Waals surface area contributed by atoms with Crippen LogP contribution in [-0.4, -0.2) is 5.91 Å². The van der Waals surface area contributed by atoms with Gasteiger partial charge in [-0.1, -0.05) is 15.9 Å². The van der Waals surface area contributed by atoms with E-state index in [0.717, 1.165) is 14.6 Å². The third kappa shape index (κ3) is 2.60. The number of benzene rings is 1. The number of hydrogen-bond acceptors (Lipinski definition) is 1. The summed E-state index contributed by atoms with van der Waals surface area (Å²) in [5, 5.41) is 2.69. The molecule has 0 aromatic heterocycles. The molecule has 0 unspecified atom stereocenters. The first-order valence-corrected chi connectivity index (χ1v) is 4.91. The minimum Gasteiger partial charge on any atom is -0.325 e. The summed E-state index contributed by atoms with van der Waals surface area (Å²) in [5.74, 6) is -0.0713. The van der Waals surface area contributed by atoms with Gasteiger partial charge in [0.15, 0.2) is 0 Å². The second-order valence-electron chi connectivity index (χ2n) is 2.31. The number of anilines is 1. The summed E-state index contributed by atoms with van der Waals surface area (Å²) in [6.45, 7) is 1.48. The van der Waals surface area contributed by atoms with E-state index in [9.17, 15) is 4.79 Å². The number of amides is 1. The van der Waals surface area contributed by atoms with Crippen molar-refractivity contribution in [1.82, 2.24) is 0 Å². The van der Waals surface area contributed by atoms with E-state index in [1.165, 1.54) is 6.92 Å². The second kappa shape index (κ2) is 4.05. The Balaban J connectivity index is 2.93. The van der Waals surface area contributed by atoms with Crippen molar-refractivity contribution in [2.24, 2.45) is 0 Å². The molecule has 0 fully saturated rings. The predicted octanol–water partition coefficient (Wildman–Crippen LogP) is 3.17. The van der Waals surface area contributed by atoms with Crippen LogP contribution >= 0.6 is 31.9 Å². The molecule has 0 aliphatic heterocycles. The Morgan fingerprint density at radius 3 is 2.58 bits per heavy atom. The van der Waals surface area contributed by atoms with E-state index in [2.05, 4.69) is 37.2 Å². The van der Waals surface area contributed by atoms with Gasteiger partial charge in [0.25, 0.3) is 0 Å². The van der Waals surface area contributed by atoms with Crippen LogP contribution < -0.4 is 5.32 Å². The molecule has 0 bridgehead atoms. The van der Waals surface area contributed by atoms with Crippen molar-refractivity contribution >= 4 is 43.5 Å². The van der Waals surface area contributed by atoms with Crippen LogP contribution in [0.25, 0.3) is 0 Å². The molecule has 1 rings (SSSR count). The second-order valence-corrected chi connectivity index (χ2v) is 4.08. The summed E-state index contributed by atoms with van der Waals surface area (Å²) < 4.78 is 1.84. The summed E-state index contributed by atoms with van der Waals surface area (Å²) in [6, 6.07) is 5.58. The molecule has 0 aliphatic rings. The van der Waals surface area contributed by atoms with Crippen molar-refractivity contribution in [2.45, 2.75) is 6.92 Å². The lowest BCUT2D eigenvalue weighted by Crippen LogP contribution is -2.05. The summed E-state index contributed by atoms with van der Waals surface area (Å²) >= 11 is 6.65. The quantitative estimate of drug-likeness (QED) is 0.846. The summed E-state index contributed by atoms with van der Waals surface area (Å²) in [7, 11) is 0. The van der Waals surface area contributed by atoms with Crippen LogP contribution in [0.4, 0.5) is 5.69 Å². The Kier molecular flexibility index (Phi) is 3.29. The molecule has 0 saturated heterocycles. The van der Waals surface area contributed by atoms with E-state index in [4.69, 9.17) is 0 Å². The maximum Gasteiger partial charge on any atom is 0.221 e. The predicted molar refractivity (Wildman–Crippen MR) is 56.1 cm³/mol. The number of halogens is 2. The molecule has 0 radical (unpaired) electrons. The Morgan fingerprint density at radius 2 is 2.08 bits per heavy atom. The van der Waals surface area contributed by atoms with Crippen molar-refractivity contribution in [2.75, 3.05) is 5.32 Å². The third-order valence-corrected chi connectivity index (χ3v) is 2.39. The number of hydrogen-bond donors (Lipinski definition) is 1. The highest BCUT2D eigenvalue weighted by atomic mass is 79.9. The van der Waals surface area contributed by atoms with Crippen LogP contribution in [0, 0.1) is 0 Å². The molecule has 12 heavy (non-hydrogen) atoms. The summed E-state index contributed by atoms with van der Waals surface area (Å²) in [4.78, 5) is 10.7. The van der Waals surface area contributed by atoms with E-state index >= 15 is 0 Å². The van der Waals surface area contributed by atoms with E-state index in [1.54, 1.807) is 0 Å². The SMILES string of the molecule is CC(=O)Nc1ccc(Br)cc1Br. The van der Waals surface area contributed by atoms with Gasteiger partial charge >= 0.3 is 0 Å². The fourth-order valence-electron chi connectivity index (χ4n) is 0.780. The van der Waals surface area contributed by atoms with Crippen LogP contribution in [0.3, 0.4) is 0 Å². The molecule has 1 N–H and O–H groups in total. The number of rotatable bonds is 1. The number of nitrogens with one attached hydrogen (secondary N) is 1. The van der Waals surface area contributed by atoms with Gasteiger partial charge in [0.2, 0.25) is 5.91 Å². The minimum absolute atomic E-state index is 0.0713. The van der Waals surface area contributed by atoms with Gasteiger partial charge in [0.1, 0.15) is 0 Å². The van der Waals surface area contributed by atoms with Gasteiger partial charge in [-0.2, -0.15) is 0 Å². The zero-order chi connectivity index (χ0) is 9.14. The lowest BCUT2D eigenvalue weighted by atomic mass is 10.3. The average molecular weight is 293 g/mol. The average Bonchev–Trinajstić information content (AvgIpc) is 1.94. The first kappa shape index (κ1) is 9.74. The highest BCUT2D eigenvalue weighted by molar-refractivity contribution is 9.11. The van der Waals surface area contributed by atoms with Crippen molar-refractivity contribution in [3.63, 3.8) is 0 Å². The molecule has 1 aromatic rings. The van der Waals surface area contributed by atoms with Crippen LogP contribution in [0.2, 0.25) is 0 Å². The fourth-order valence-corrected chi connectivity index (χ4v) is 1.93. The van der Waals surface area contributed by atoms with Gasteiger partial charge in [0.05, 0.1) is 5.69 Å². The molecule has 0 aliphatic carbocycles. The first-order valence-electron chi connectivity index (χ1n) is 3.32. The van der Waals surface area contributed by atoms with E-state index in [0.29, 0.717) is 0 Å². The molecule has 0 spiro atoms. The Labute approximate surface area is 87.6 Å². The van der Waals surface area contributed by atoms with Crippen molar-refractivity contribution in [3.8, 4) is 0 Å². The summed E-state index contributed by atoms with van der Waals surface area (Å²) in [5.41, 5.74) is 0.783. The lowest BCUT2D eigenvalue weighted by molar-refractivity contribution is -0.114. The number of carbonyl (C=O) groups excluding carboxylic acids is 1. The van der Waals surface area contributed by atoms with E-state index in [1.807, 2.05) is 18.2 Å². The Hall–Kier alpha value is -0.350. The highest BCUT2D eigenvalue weighted by Crippen LogP contribution is 2.25. The molecule has 4 heteroatoms. The van der Waals surface area contributed by atoms with Gasteiger partial charge in [-0.15, -0.1) is 0 Å². The van der Waals surface area contributed by atoms with Crippen LogP contribution in [-0.2, 0) is 4.79 Å². The smallest absolute Gasteiger partial charge is 0.221 e. The third-order valence-electron chi connectivity index (χ3n) is 1.24. The zero-order valence-electron chi connectivity index (χ0n) is 6.40. The molecular weight excluding hydrogens is 286 g/mol. The van der Waals surface area contributed by atoms with Crippen LogP contribution in [0.1, 0.15) is 6.92 Å². The molecule has 0 saturated carbocycles. The first-order chi connectivity index (χ1) is 5.59. The molecule has 1 aromatic carbocycles. The molecule has 1 amide bonds. The van der Waals surface area contributed by atoms with Crippen molar-refractivity contribution < 1.29 is 4.79 Å². The van der Waals surface area contributed by atoms with Gasteiger partial charge < -0.3 is 5.32 Å². The van der Waals surface area contributed by atoms with E-state index in [-0.39, 0.29) is 5.91 Å². The largest absolute Gasteiger partial charge is 0.325 e. The molecule has 0 atom stereocenters. The maximum atomic E-state index is 10.7. The minimum atomic E-state index is -0.0713. The molecule has 0 heterocycles. The normalized spacial score (nSPS) is 9.58. The van der Waals surface area contributed by atoms with Crippen molar-refractivity contribution in [1.29, 1.82) is 0 Å². The highest BCUT2D eigenvalue weighted by Gasteiger charge is 2.00. The monoisotopic (exact) mass is 291 g/mol. The van der Waals surface area contributed by atoms with Crippen LogP contribution in [0.5, 0.6) is 0 Å². The van der Waals surface area contributed by atoms with Gasteiger partial charge in [-0.25, -0.2) is 0 Å². The standard InChI is InChI=1S/C8H7Br2NO/c1-5(12)11-8-3-2-6(9)4-7(8)10/h2-4H,1H3,(H,11,12). The fraction of sp³-hybridized carbons (Fsp3) is 0.125. The Bertz CT molecular complexity index is 312. The van der Waals surface area contributed by atoms with Gasteiger partial charge in [0, 0.05) is 15.9 Å². The van der Waals surface area contributed by atoms with Gasteiger partial charge in [-0.05, 0) is 34.1 Å². The Morgan fingerprint density at radius 1 is 1.42 bits per heavy atom. The molecule has 64 valence electrons. The van der Waals surface area contributed by atoms with Gasteiger partial charge in [-0.3, -0.25) is 4.79 Å². The summed E-state index contributed by atoms with van der Waals surface area (Å²) in [6.07, 6.45) is 0. The maximum absolute atomic E-state index is 10.7. The molecular formula is C8H7Br2NO. The lowest BCUT2D eigenvalue weighted by Gasteiger charge is -2.04. The van der Waals surface area contributed by atoms with E-state index < -0.39 is 0 Å². The van der Waals surface area contributed by atoms with Crippen LogP contribution in [0.15, 0.2) is 27.1 Å². The molecule has 2 nitrogen and oxygen atoms in total. The zero-order valence-corrected chi connectivity index (χ0v) is 9.57. The topological polar surface area (TPSA) is 29.1 Å².